The summed E-state index contributed by atoms with van der Waals surface area (Å²) in [5.41, 5.74) is 2.88. The first-order valence-corrected chi connectivity index (χ1v) is 7.53. The summed E-state index contributed by atoms with van der Waals surface area (Å²) in [6.07, 6.45) is 0.130. The average Bonchev–Trinajstić information content (AvgIpc) is 2.47. The van der Waals surface area contributed by atoms with E-state index in [9.17, 15) is 4.79 Å². The first-order valence-electron chi connectivity index (χ1n) is 6.74. The van der Waals surface area contributed by atoms with Crippen LogP contribution in [-0.2, 0) is 9.53 Å². The number of nitrogens with one attached hydrogen (secondary N) is 1. The largest absolute Gasteiger partial charge is 0.481 e. The van der Waals surface area contributed by atoms with Crippen LogP contribution >= 0.6 is 15.9 Å². The molecule has 5 nitrogen and oxygen atoms in total. The summed E-state index contributed by atoms with van der Waals surface area (Å²) in [7, 11) is 0. The summed E-state index contributed by atoms with van der Waals surface area (Å²) in [5, 5.41) is 1.87. The van der Waals surface area contributed by atoms with E-state index in [1.807, 2.05) is 36.2 Å². The van der Waals surface area contributed by atoms with Gasteiger partial charge in [0.2, 0.25) is 0 Å². The third kappa shape index (κ3) is 4.47. The SMILES string of the molecule is CCC(Oc1ccc(Br)cc1)C(=O)NN1CCOCC1. The number of hydrogen-bond donors (Lipinski definition) is 1. The molecule has 1 heterocycles. The van der Waals surface area contributed by atoms with Crippen molar-refractivity contribution < 1.29 is 14.3 Å². The summed E-state index contributed by atoms with van der Waals surface area (Å²) in [6.45, 7) is 4.64. The first-order chi connectivity index (χ1) is 9.69. The van der Waals surface area contributed by atoms with Gasteiger partial charge >= 0.3 is 0 Å². The van der Waals surface area contributed by atoms with Crippen LogP contribution < -0.4 is 10.2 Å². The fraction of sp³-hybridized carbons (Fsp3) is 0.500. The van der Waals surface area contributed by atoms with Crippen molar-refractivity contribution in [1.29, 1.82) is 0 Å². The minimum atomic E-state index is -0.487. The van der Waals surface area contributed by atoms with E-state index in [1.165, 1.54) is 0 Å². The maximum atomic E-state index is 12.2. The summed E-state index contributed by atoms with van der Waals surface area (Å²) in [4.78, 5) is 12.2. The lowest BCUT2D eigenvalue weighted by Crippen LogP contribution is -2.52. The Labute approximate surface area is 127 Å². The van der Waals surface area contributed by atoms with Crippen LogP contribution in [0.4, 0.5) is 0 Å². The van der Waals surface area contributed by atoms with Crippen molar-refractivity contribution >= 4 is 21.8 Å². The molecule has 0 aliphatic carbocycles. The number of morpholine rings is 1. The second-order valence-corrected chi connectivity index (χ2v) is 5.46. The predicted octanol–water partition coefficient (Wildman–Crippen LogP) is 1.97. The van der Waals surface area contributed by atoms with Gasteiger partial charge in [-0.3, -0.25) is 10.2 Å². The van der Waals surface area contributed by atoms with Gasteiger partial charge in [-0.05, 0) is 30.7 Å². The lowest BCUT2D eigenvalue weighted by Gasteiger charge is -2.28. The number of hydrogen-bond acceptors (Lipinski definition) is 4. The van der Waals surface area contributed by atoms with Gasteiger partial charge in [-0.1, -0.05) is 22.9 Å². The van der Waals surface area contributed by atoms with Crippen LogP contribution in [0.2, 0.25) is 0 Å². The quantitative estimate of drug-likeness (QED) is 0.888. The number of amides is 1. The molecule has 1 N–H and O–H groups in total. The summed E-state index contributed by atoms with van der Waals surface area (Å²) < 4.78 is 12.0. The van der Waals surface area contributed by atoms with E-state index in [2.05, 4.69) is 21.4 Å². The Morgan fingerprint density at radius 1 is 1.40 bits per heavy atom. The van der Waals surface area contributed by atoms with Gasteiger partial charge < -0.3 is 9.47 Å². The van der Waals surface area contributed by atoms with Crippen LogP contribution in [0.3, 0.4) is 0 Å². The normalized spacial score (nSPS) is 17.5. The fourth-order valence-electron chi connectivity index (χ4n) is 1.90. The summed E-state index contributed by atoms with van der Waals surface area (Å²) >= 11 is 3.37. The van der Waals surface area contributed by atoms with Crippen molar-refractivity contribution in [2.75, 3.05) is 26.3 Å². The number of rotatable bonds is 5. The topological polar surface area (TPSA) is 50.8 Å². The summed E-state index contributed by atoms with van der Waals surface area (Å²) in [6, 6.07) is 7.47. The molecule has 0 radical (unpaired) electrons. The van der Waals surface area contributed by atoms with E-state index in [0.717, 1.165) is 4.47 Å². The molecule has 1 aliphatic rings. The number of benzene rings is 1. The molecule has 1 aliphatic heterocycles. The number of carbonyl (C=O) groups excluding carboxylic acids is 1. The number of halogens is 1. The van der Waals surface area contributed by atoms with Gasteiger partial charge in [-0.25, -0.2) is 5.01 Å². The van der Waals surface area contributed by atoms with Crippen LogP contribution in [0.1, 0.15) is 13.3 Å². The Morgan fingerprint density at radius 2 is 2.05 bits per heavy atom. The molecule has 0 saturated carbocycles. The highest BCUT2D eigenvalue weighted by molar-refractivity contribution is 9.10. The van der Waals surface area contributed by atoms with E-state index in [0.29, 0.717) is 38.5 Å². The van der Waals surface area contributed by atoms with Gasteiger partial charge in [0.15, 0.2) is 6.10 Å². The smallest absolute Gasteiger partial charge is 0.275 e. The number of nitrogens with zero attached hydrogens (tertiary/aromatic N) is 1. The van der Waals surface area contributed by atoms with Crippen molar-refractivity contribution in [2.24, 2.45) is 0 Å². The number of ether oxygens (including phenoxy) is 2. The van der Waals surface area contributed by atoms with Crippen LogP contribution in [-0.4, -0.2) is 43.3 Å². The Bertz CT molecular complexity index is 433. The molecule has 0 spiro atoms. The maximum Gasteiger partial charge on any atom is 0.275 e. The Hall–Kier alpha value is -1.11. The van der Waals surface area contributed by atoms with Gasteiger partial charge in [0.05, 0.1) is 13.2 Å². The standard InChI is InChI=1S/C14H19BrN2O3/c1-2-13(20-12-5-3-11(15)4-6-12)14(18)16-17-7-9-19-10-8-17/h3-6,13H,2,7-10H2,1H3,(H,16,18). The molecule has 1 amide bonds. The van der Waals surface area contributed by atoms with Crippen LogP contribution in [0.25, 0.3) is 0 Å². The highest BCUT2D eigenvalue weighted by atomic mass is 79.9. The van der Waals surface area contributed by atoms with E-state index in [4.69, 9.17) is 9.47 Å². The Balaban J connectivity index is 1.89. The van der Waals surface area contributed by atoms with Crippen molar-refractivity contribution in [3.63, 3.8) is 0 Å². The van der Waals surface area contributed by atoms with E-state index in [1.54, 1.807) is 0 Å². The Kier molecular flexibility index (Phi) is 5.82. The molecule has 0 aromatic heterocycles. The molecule has 1 aromatic carbocycles. The molecular formula is C14H19BrN2O3. The zero-order valence-electron chi connectivity index (χ0n) is 11.5. The highest BCUT2D eigenvalue weighted by Crippen LogP contribution is 2.18. The van der Waals surface area contributed by atoms with Gasteiger partial charge in [-0.2, -0.15) is 0 Å². The van der Waals surface area contributed by atoms with Crippen molar-refractivity contribution in [3.05, 3.63) is 28.7 Å². The molecule has 1 saturated heterocycles. The van der Waals surface area contributed by atoms with Crippen molar-refractivity contribution in [1.82, 2.24) is 10.4 Å². The lowest BCUT2D eigenvalue weighted by atomic mass is 10.2. The third-order valence-corrected chi connectivity index (χ3v) is 3.56. The molecule has 1 fully saturated rings. The first kappa shape index (κ1) is 15.3. The van der Waals surface area contributed by atoms with Gasteiger partial charge in [0.25, 0.3) is 5.91 Å². The van der Waals surface area contributed by atoms with Gasteiger partial charge in [0.1, 0.15) is 5.75 Å². The molecule has 6 heteroatoms. The molecule has 1 atom stereocenters. The fourth-order valence-corrected chi connectivity index (χ4v) is 2.17. The van der Waals surface area contributed by atoms with Crippen molar-refractivity contribution in [3.8, 4) is 5.75 Å². The maximum absolute atomic E-state index is 12.2. The minimum Gasteiger partial charge on any atom is -0.481 e. The van der Waals surface area contributed by atoms with Crippen LogP contribution in [0.5, 0.6) is 5.75 Å². The summed E-state index contributed by atoms with van der Waals surface area (Å²) in [5.74, 6) is 0.578. The zero-order chi connectivity index (χ0) is 14.4. The third-order valence-electron chi connectivity index (χ3n) is 3.03. The van der Waals surface area contributed by atoms with E-state index >= 15 is 0 Å². The van der Waals surface area contributed by atoms with Gasteiger partial charge in [-0.15, -0.1) is 0 Å². The molecule has 1 aromatic rings. The lowest BCUT2D eigenvalue weighted by molar-refractivity contribution is -0.135. The average molecular weight is 343 g/mol. The van der Waals surface area contributed by atoms with Crippen LogP contribution in [0.15, 0.2) is 28.7 Å². The van der Waals surface area contributed by atoms with E-state index in [-0.39, 0.29) is 5.91 Å². The van der Waals surface area contributed by atoms with Crippen molar-refractivity contribution in [2.45, 2.75) is 19.4 Å². The molecule has 2 rings (SSSR count). The highest BCUT2D eigenvalue weighted by Gasteiger charge is 2.21. The number of carbonyl (C=O) groups is 1. The van der Waals surface area contributed by atoms with E-state index < -0.39 is 6.10 Å². The van der Waals surface area contributed by atoms with Gasteiger partial charge in [0, 0.05) is 17.6 Å². The minimum absolute atomic E-state index is 0.114. The zero-order valence-corrected chi connectivity index (χ0v) is 13.1. The second-order valence-electron chi connectivity index (χ2n) is 4.54. The molecule has 0 bridgehead atoms. The second kappa shape index (κ2) is 7.61. The Morgan fingerprint density at radius 3 is 2.65 bits per heavy atom. The molecule has 1 unspecified atom stereocenters. The predicted molar refractivity (Wildman–Crippen MR) is 79.4 cm³/mol. The molecule has 20 heavy (non-hydrogen) atoms. The molecular weight excluding hydrogens is 324 g/mol. The van der Waals surface area contributed by atoms with Crippen LogP contribution in [0, 0.1) is 0 Å². The molecule has 110 valence electrons. The monoisotopic (exact) mass is 342 g/mol. The number of hydrazine groups is 1.